The average Bonchev–Trinajstić information content (AvgIpc) is 2.91. The van der Waals surface area contributed by atoms with Gasteiger partial charge in [-0.2, -0.15) is 0 Å². The van der Waals surface area contributed by atoms with Crippen LogP contribution in [-0.2, 0) is 0 Å². The zero-order valence-electron chi connectivity index (χ0n) is 16.1. The molecule has 0 unspecified atom stereocenters. The Morgan fingerprint density at radius 2 is 1.62 bits per heavy atom. The fourth-order valence-electron chi connectivity index (χ4n) is 2.96. The van der Waals surface area contributed by atoms with E-state index in [1.807, 2.05) is 60.7 Å². The van der Waals surface area contributed by atoms with Gasteiger partial charge < -0.3 is 14.4 Å². The van der Waals surface area contributed by atoms with Crippen molar-refractivity contribution in [1.82, 2.24) is 4.90 Å². The number of ether oxygens (including phenoxy) is 2. The molecule has 0 aliphatic carbocycles. The molecule has 0 saturated carbocycles. The van der Waals surface area contributed by atoms with Crippen molar-refractivity contribution in [3.63, 3.8) is 0 Å². The fourth-order valence-corrected chi connectivity index (χ4v) is 4.08. The number of nitrogens with zero attached hydrogens (tertiary/aromatic N) is 1. The predicted molar refractivity (Wildman–Crippen MR) is 118 cm³/mol. The van der Waals surface area contributed by atoms with Gasteiger partial charge >= 0.3 is 6.09 Å². The summed E-state index contributed by atoms with van der Waals surface area (Å²) in [6.07, 6.45) is 1.79. The lowest BCUT2D eigenvalue weighted by Gasteiger charge is -2.17. The van der Waals surface area contributed by atoms with Gasteiger partial charge in [0.1, 0.15) is 17.2 Å². The summed E-state index contributed by atoms with van der Waals surface area (Å²) in [4.78, 5) is 15.0. The van der Waals surface area contributed by atoms with E-state index in [0.717, 1.165) is 33.3 Å². The highest BCUT2D eigenvalue weighted by atomic mass is 32.2. The minimum Gasteiger partial charge on any atom is -0.456 e. The van der Waals surface area contributed by atoms with Gasteiger partial charge in [-0.15, -0.1) is 11.8 Å². The fraction of sp³-hybridized carbons (Fsp3) is 0.125. The summed E-state index contributed by atoms with van der Waals surface area (Å²) in [6, 6.07) is 25.1. The quantitative estimate of drug-likeness (QED) is 0.512. The average molecular weight is 404 g/mol. The van der Waals surface area contributed by atoms with E-state index in [-0.39, 0.29) is 6.09 Å². The van der Waals surface area contributed by atoms with Gasteiger partial charge in [0.2, 0.25) is 0 Å². The standard InChI is InChI=1S/C24H21NO3S/c1-25(24(26)27-19-10-3-2-4-11-19)15-16-29-23-17-18-9-5-7-13-21(18)28-22-14-8-6-12-20(22)23/h2-14,17H,15-16H2,1H3. The number of carbonyl (C=O) groups excluding carboxylic acids is 1. The van der Waals surface area contributed by atoms with E-state index >= 15 is 0 Å². The van der Waals surface area contributed by atoms with E-state index in [0.29, 0.717) is 12.3 Å². The summed E-state index contributed by atoms with van der Waals surface area (Å²) in [5, 5.41) is 0. The number of carbonyl (C=O) groups is 1. The van der Waals surface area contributed by atoms with Crippen LogP contribution in [0.25, 0.3) is 11.0 Å². The molecule has 0 N–H and O–H groups in total. The third kappa shape index (κ3) is 4.63. The molecule has 3 aromatic rings. The van der Waals surface area contributed by atoms with E-state index in [1.54, 1.807) is 35.8 Å². The zero-order chi connectivity index (χ0) is 20.1. The maximum atomic E-state index is 12.3. The van der Waals surface area contributed by atoms with Crippen molar-refractivity contribution in [2.24, 2.45) is 0 Å². The van der Waals surface area contributed by atoms with Crippen LogP contribution in [0.3, 0.4) is 0 Å². The van der Waals surface area contributed by atoms with Crippen LogP contribution in [0.15, 0.2) is 78.9 Å². The first-order valence-electron chi connectivity index (χ1n) is 9.39. The van der Waals surface area contributed by atoms with Gasteiger partial charge in [0, 0.05) is 35.4 Å². The van der Waals surface area contributed by atoms with Crippen LogP contribution in [0, 0.1) is 0 Å². The Bertz CT molecular complexity index is 1030. The highest BCUT2D eigenvalue weighted by molar-refractivity contribution is 8.08. The Labute approximate surface area is 174 Å². The van der Waals surface area contributed by atoms with Gasteiger partial charge in [-0.1, -0.05) is 54.6 Å². The number of thioether (sulfide) groups is 1. The number of fused-ring (bicyclic) bond motifs is 2. The molecule has 146 valence electrons. The van der Waals surface area contributed by atoms with E-state index < -0.39 is 0 Å². The number of para-hydroxylation sites is 3. The van der Waals surface area contributed by atoms with Gasteiger partial charge in [0.15, 0.2) is 0 Å². The first kappa shape index (κ1) is 19.2. The molecule has 1 heterocycles. The smallest absolute Gasteiger partial charge is 0.414 e. The Balaban J connectivity index is 1.43. The summed E-state index contributed by atoms with van der Waals surface area (Å²) < 4.78 is 11.5. The molecular weight excluding hydrogens is 382 g/mol. The lowest BCUT2D eigenvalue weighted by Crippen LogP contribution is -2.31. The molecule has 29 heavy (non-hydrogen) atoms. The molecule has 0 fully saturated rings. The predicted octanol–water partition coefficient (Wildman–Crippen LogP) is 6.15. The van der Waals surface area contributed by atoms with Gasteiger partial charge in [0.25, 0.3) is 0 Å². The van der Waals surface area contributed by atoms with Crippen LogP contribution in [0.5, 0.6) is 17.2 Å². The van der Waals surface area contributed by atoms with Crippen LogP contribution < -0.4 is 9.47 Å². The van der Waals surface area contributed by atoms with Gasteiger partial charge in [-0.25, -0.2) is 4.79 Å². The number of amides is 1. The van der Waals surface area contributed by atoms with Crippen molar-refractivity contribution in [2.75, 3.05) is 19.3 Å². The molecule has 4 rings (SSSR count). The maximum Gasteiger partial charge on any atom is 0.414 e. The molecule has 1 amide bonds. The summed E-state index contributed by atoms with van der Waals surface area (Å²) in [5.74, 6) is 2.97. The Hall–Kier alpha value is -3.18. The third-order valence-electron chi connectivity index (χ3n) is 4.52. The van der Waals surface area contributed by atoms with Crippen LogP contribution in [0.2, 0.25) is 0 Å². The summed E-state index contributed by atoms with van der Waals surface area (Å²) >= 11 is 1.70. The molecule has 0 spiro atoms. The number of hydrogen-bond acceptors (Lipinski definition) is 4. The summed E-state index contributed by atoms with van der Waals surface area (Å²) in [7, 11) is 1.75. The first-order valence-corrected chi connectivity index (χ1v) is 10.4. The van der Waals surface area contributed by atoms with Gasteiger partial charge in [0.05, 0.1) is 0 Å². The number of benzene rings is 3. The zero-order valence-corrected chi connectivity index (χ0v) is 16.9. The van der Waals surface area contributed by atoms with Gasteiger partial charge in [-0.3, -0.25) is 0 Å². The molecule has 5 heteroatoms. The van der Waals surface area contributed by atoms with Crippen LogP contribution in [0.1, 0.15) is 11.1 Å². The lowest BCUT2D eigenvalue weighted by molar-refractivity contribution is 0.165. The molecule has 3 aromatic carbocycles. The van der Waals surface area contributed by atoms with Crippen molar-refractivity contribution < 1.29 is 14.3 Å². The number of hydrogen-bond donors (Lipinski definition) is 0. The van der Waals surface area contributed by atoms with Crippen LogP contribution in [-0.4, -0.2) is 30.3 Å². The molecular formula is C24H21NO3S. The Morgan fingerprint density at radius 3 is 2.45 bits per heavy atom. The molecule has 0 aromatic heterocycles. The van der Waals surface area contributed by atoms with E-state index in [1.165, 1.54) is 0 Å². The third-order valence-corrected chi connectivity index (χ3v) is 5.56. The number of rotatable bonds is 5. The maximum absolute atomic E-state index is 12.3. The van der Waals surface area contributed by atoms with Crippen molar-refractivity contribution in [2.45, 2.75) is 0 Å². The van der Waals surface area contributed by atoms with Crippen LogP contribution >= 0.6 is 11.8 Å². The molecule has 1 aliphatic rings. The topological polar surface area (TPSA) is 38.8 Å². The highest BCUT2D eigenvalue weighted by Gasteiger charge is 2.17. The molecule has 0 radical (unpaired) electrons. The normalized spacial score (nSPS) is 12.0. The van der Waals surface area contributed by atoms with E-state index in [4.69, 9.17) is 9.47 Å². The largest absolute Gasteiger partial charge is 0.456 e. The van der Waals surface area contributed by atoms with Crippen LogP contribution in [0.4, 0.5) is 4.79 Å². The summed E-state index contributed by atoms with van der Waals surface area (Å²) in [5.41, 5.74) is 2.10. The Morgan fingerprint density at radius 1 is 0.931 bits per heavy atom. The lowest BCUT2D eigenvalue weighted by atomic mass is 10.1. The molecule has 4 nitrogen and oxygen atoms in total. The first-order chi connectivity index (χ1) is 14.2. The minimum atomic E-state index is -0.360. The van der Waals surface area contributed by atoms with Crippen molar-refractivity contribution >= 4 is 28.8 Å². The second-order valence-electron chi connectivity index (χ2n) is 6.60. The molecule has 0 saturated heterocycles. The molecule has 0 atom stereocenters. The molecule has 0 bridgehead atoms. The van der Waals surface area contributed by atoms with E-state index in [2.05, 4.69) is 12.1 Å². The van der Waals surface area contributed by atoms with Crippen molar-refractivity contribution in [3.8, 4) is 17.2 Å². The second kappa shape index (κ2) is 8.88. The SMILES string of the molecule is CN(CCSC1=Cc2ccccc2Oc2ccccc21)C(=O)Oc1ccccc1. The van der Waals surface area contributed by atoms with E-state index in [9.17, 15) is 4.79 Å². The second-order valence-corrected chi connectivity index (χ2v) is 7.73. The van der Waals surface area contributed by atoms with Gasteiger partial charge in [-0.05, 0) is 30.3 Å². The monoisotopic (exact) mass is 403 g/mol. The Kier molecular flexibility index (Phi) is 5.86. The minimum absolute atomic E-state index is 0.360. The summed E-state index contributed by atoms with van der Waals surface area (Å²) in [6.45, 7) is 0.568. The highest BCUT2D eigenvalue weighted by Crippen LogP contribution is 2.42. The van der Waals surface area contributed by atoms with Crippen molar-refractivity contribution in [1.29, 1.82) is 0 Å². The molecule has 1 aliphatic heterocycles. The van der Waals surface area contributed by atoms with Crippen molar-refractivity contribution in [3.05, 3.63) is 90.0 Å².